The number of nitrogens with one attached hydrogen (secondary N) is 1. The molecule has 66 valence electrons. The van der Waals surface area contributed by atoms with E-state index < -0.39 is 0 Å². The van der Waals surface area contributed by atoms with Crippen molar-refractivity contribution in [1.82, 2.24) is 4.98 Å². The van der Waals surface area contributed by atoms with Crippen molar-refractivity contribution < 1.29 is 0 Å². The van der Waals surface area contributed by atoms with Gasteiger partial charge in [-0.2, -0.15) is 0 Å². The Labute approximate surface area is 78.0 Å². The third-order valence-electron chi connectivity index (χ3n) is 1.59. The number of hydrogen-bond donors (Lipinski definition) is 1. The van der Waals surface area contributed by atoms with E-state index in [1.807, 2.05) is 12.1 Å². The molecule has 0 bridgehead atoms. The van der Waals surface area contributed by atoms with Gasteiger partial charge in [-0.15, -0.1) is 0 Å². The van der Waals surface area contributed by atoms with Crippen LogP contribution in [0.1, 0.15) is 19.8 Å². The van der Waals surface area contributed by atoms with Crippen molar-refractivity contribution >= 4 is 17.3 Å². The molecular formula is C9H13ClN2. The molecule has 1 aromatic rings. The lowest BCUT2D eigenvalue weighted by Gasteiger charge is -2.04. The summed E-state index contributed by atoms with van der Waals surface area (Å²) in [5, 5.41) is 3.80. The van der Waals surface area contributed by atoms with Gasteiger partial charge in [-0.25, -0.2) is 4.98 Å². The van der Waals surface area contributed by atoms with Crippen LogP contribution in [0.25, 0.3) is 0 Å². The van der Waals surface area contributed by atoms with Crippen LogP contribution in [0.3, 0.4) is 0 Å². The predicted molar refractivity (Wildman–Crippen MR) is 52.6 cm³/mol. The van der Waals surface area contributed by atoms with E-state index in [0.717, 1.165) is 12.2 Å². The van der Waals surface area contributed by atoms with E-state index in [4.69, 9.17) is 11.6 Å². The summed E-state index contributed by atoms with van der Waals surface area (Å²) in [6.45, 7) is 3.16. The average molecular weight is 185 g/mol. The maximum atomic E-state index is 5.71. The van der Waals surface area contributed by atoms with Crippen LogP contribution in [0.2, 0.25) is 5.15 Å². The molecule has 0 fully saturated rings. The molecule has 0 aromatic carbocycles. The molecule has 12 heavy (non-hydrogen) atoms. The van der Waals surface area contributed by atoms with Crippen LogP contribution >= 0.6 is 11.6 Å². The van der Waals surface area contributed by atoms with Crippen molar-refractivity contribution in [3.05, 3.63) is 23.5 Å². The first-order valence-electron chi connectivity index (χ1n) is 4.18. The highest BCUT2D eigenvalue weighted by molar-refractivity contribution is 6.29. The summed E-state index contributed by atoms with van der Waals surface area (Å²) in [6, 6.07) is 3.75. The maximum absolute atomic E-state index is 5.71. The van der Waals surface area contributed by atoms with Gasteiger partial charge in [0.05, 0.1) is 0 Å². The molecule has 1 heterocycles. The zero-order valence-electron chi connectivity index (χ0n) is 7.18. The first-order valence-corrected chi connectivity index (χ1v) is 4.56. The summed E-state index contributed by atoms with van der Waals surface area (Å²) >= 11 is 5.71. The third-order valence-corrected chi connectivity index (χ3v) is 1.79. The lowest BCUT2D eigenvalue weighted by Crippen LogP contribution is -2.00. The Balaban J connectivity index is 2.41. The SMILES string of the molecule is CCCCNc1ccnc(Cl)c1. The number of pyridine rings is 1. The third kappa shape index (κ3) is 3.09. The van der Waals surface area contributed by atoms with Crippen LogP contribution in [0, 0.1) is 0 Å². The molecule has 0 saturated carbocycles. The number of nitrogens with zero attached hydrogens (tertiary/aromatic N) is 1. The molecule has 0 spiro atoms. The average Bonchev–Trinajstić information content (AvgIpc) is 2.05. The molecule has 2 nitrogen and oxygen atoms in total. The fourth-order valence-corrected chi connectivity index (χ4v) is 1.10. The number of halogens is 1. The van der Waals surface area contributed by atoms with Crippen molar-refractivity contribution in [2.75, 3.05) is 11.9 Å². The second-order valence-corrected chi connectivity index (χ2v) is 3.03. The second kappa shape index (κ2) is 4.99. The maximum Gasteiger partial charge on any atom is 0.131 e. The Bertz CT molecular complexity index is 238. The van der Waals surface area contributed by atoms with Gasteiger partial charge in [0.2, 0.25) is 0 Å². The zero-order valence-corrected chi connectivity index (χ0v) is 7.93. The van der Waals surface area contributed by atoms with E-state index >= 15 is 0 Å². The molecule has 0 unspecified atom stereocenters. The van der Waals surface area contributed by atoms with Gasteiger partial charge in [0.25, 0.3) is 0 Å². The quantitative estimate of drug-likeness (QED) is 0.575. The molecule has 1 aromatic heterocycles. The summed E-state index contributed by atoms with van der Waals surface area (Å²) in [5.74, 6) is 0. The number of hydrogen-bond acceptors (Lipinski definition) is 2. The molecule has 0 atom stereocenters. The minimum absolute atomic E-state index is 0.538. The fourth-order valence-electron chi connectivity index (χ4n) is 0.922. The molecule has 3 heteroatoms. The highest BCUT2D eigenvalue weighted by Gasteiger charge is 1.92. The van der Waals surface area contributed by atoms with Crippen LogP contribution < -0.4 is 5.32 Å². The summed E-state index contributed by atoms with van der Waals surface area (Å²) in [6.07, 6.45) is 4.09. The Morgan fingerprint density at radius 1 is 1.58 bits per heavy atom. The number of rotatable bonds is 4. The summed E-state index contributed by atoms with van der Waals surface area (Å²) in [5.41, 5.74) is 1.04. The van der Waals surface area contributed by atoms with Gasteiger partial charge < -0.3 is 5.32 Å². The lowest BCUT2D eigenvalue weighted by molar-refractivity contribution is 0.834. The van der Waals surface area contributed by atoms with Gasteiger partial charge in [-0.05, 0) is 18.6 Å². The summed E-state index contributed by atoms with van der Waals surface area (Å²) < 4.78 is 0. The molecular weight excluding hydrogens is 172 g/mol. The second-order valence-electron chi connectivity index (χ2n) is 2.65. The number of unbranched alkanes of at least 4 members (excludes halogenated alkanes) is 1. The van der Waals surface area contributed by atoms with Gasteiger partial charge in [-0.3, -0.25) is 0 Å². The minimum atomic E-state index is 0.538. The van der Waals surface area contributed by atoms with Crippen LogP contribution in [-0.4, -0.2) is 11.5 Å². The minimum Gasteiger partial charge on any atom is -0.385 e. The molecule has 0 radical (unpaired) electrons. The van der Waals surface area contributed by atoms with Crippen molar-refractivity contribution in [2.24, 2.45) is 0 Å². The van der Waals surface area contributed by atoms with E-state index in [-0.39, 0.29) is 0 Å². The fraction of sp³-hybridized carbons (Fsp3) is 0.444. The van der Waals surface area contributed by atoms with E-state index in [2.05, 4.69) is 17.2 Å². The molecule has 1 rings (SSSR count). The highest BCUT2D eigenvalue weighted by atomic mass is 35.5. The van der Waals surface area contributed by atoms with Crippen molar-refractivity contribution in [1.29, 1.82) is 0 Å². The van der Waals surface area contributed by atoms with Crippen molar-refractivity contribution in [3.8, 4) is 0 Å². The molecule has 1 N–H and O–H groups in total. The van der Waals surface area contributed by atoms with Crippen LogP contribution in [-0.2, 0) is 0 Å². The molecule has 0 aliphatic rings. The predicted octanol–water partition coefficient (Wildman–Crippen LogP) is 2.95. The Kier molecular flexibility index (Phi) is 3.88. The van der Waals surface area contributed by atoms with Gasteiger partial charge >= 0.3 is 0 Å². The number of aromatic nitrogens is 1. The standard InChI is InChI=1S/C9H13ClN2/c1-2-3-5-11-8-4-6-12-9(10)7-8/h4,6-7H,2-3,5H2,1H3,(H,11,12). The normalized spacial score (nSPS) is 9.83. The Morgan fingerprint density at radius 2 is 2.42 bits per heavy atom. The summed E-state index contributed by atoms with van der Waals surface area (Å²) in [4.78, 5) is 3.89. The van der Waals surface area contributed by atoms with Gasteiger partial charge in [0.15, 0.2) is 0 Å². The first kappa shape index (κ1) is 9.33. The highest BCUT2D eigenvalue weighted by Crippen LogP contribution is 2.11. The van der Waals surface area contributed by atoms with Crippen molar-refractivity contribution in [2.45, 2.75) is 19.8 Å². The molecule has 0 amide bonds. The van der Waals surface area contributed by atoms with E-state index in [1.165, 1.54) is 12.8 Å². The van der Waals surface area contributed by atoms with Gasteiger partial charge in [0.1, 0.15) is 5.15 Å². The smallest absolute Gasteiger partial charge is 0.131 e. The summed E-state index contributed by atoms with van der Waals surface area (Å²) in [7, 11) is 0. The Hall–Kier alpha value is -0.760. The zero-order chi connectivity index (χ0) is 8.81. The van der Waals surface area contributed by atoms with E-state index in [1.54, 1.807) is 6.20 Å². The molecule has 0 aliphatic heterocycles. The van der Waals surface area contributed by atoms with Crippen LogP contribution in [0.4, 0.5) is 5.69 Å². The number of anilines is 1. The molecule has 0 saturated heterocycles. The van der Waals surface area contributed by atoms with E-state index in [0.29, 0.717) is 5.15 Å². The van der Waals surface area contributed by atoms with Gasteiger partial charge in [0, 0.05) is 18.4 Å². The lowest BCUT2D eigenvalue weighted by atomic mass is 10.3. The van der Waals surface area contributed by atoms with Gasteiger partial charge in [-0.1, -0.05) is 24.9 Å². The van der Waals surface area contributed by atoms with E-state index in [9.17, 15) is 0 Å². The topological polar surface area (TPSA) is 24.9 Å². The van der Waals surface area contributed by atoms with Crippen LogP contribution in [0.5, 0.6) is 0 Å². The Morgan fingerprint density at radius 3 is 3.08 bits per heavy atom. The monoisotopic (exact) mass is 184 g/mol. The van der Waals surface area contributed by atoms with Crippen LogP contribution in [0.15, 0.2) is 18.3 Å². The first-order chi connectivity index (χ1) is 5.83. The molecule has 0 aliphatic carbocycles. The van der Waals surface area contributed by atoms with Crippen molar-refractivity contribution in [3.63, 3.8) is 0 Å². The largest absolute Gasteiger partial charge is 0.385 e.